The number of Topliss-reactive ketones (excluding diaryl/α,β-unsaturated/α-hetero) is 1. The van der Waals surface area contributed by atoms with Crippen LogP contribution in [0, 0.1) is 27.2 Å². The van der Waals surface area contributed by atoms with Crippen LogP contribution in [0.25, 0.3) is 0 Å². The van der Waals surface area contributed by atoms with Crippen LogP contribution in [0.15, 0.2) is 81.7 Å². The third-order valence-electron chi connectivity index (χ3n) is 4.56. The van der Waals surface area contributed by atoms with E-state index in [1.807, 2.05) is 0 Å². The molecule has 0 aromatic heterocycles. The zero-order valence-electron chi connectivity index (χ0n) is 18.0. The lowest BCUT2D eigenvalue weighted by Crippen LogP contribution is -2.18. The monoisotopic (exact) mass is 479 g/mol. The van der Waals surface area contributed by atoms with Crippen LogP contribution >= 0.6 is 11.8 Å². The van der Waals surface area contributed by atoms with Crippen LogP contribution in [-0.2, 0) is 9.63 Å². The Morgan fingerprint density at radius 2 is 1.38 bits per heavy atom. The van der Waals surface area contributed by atoms with Gasteiger partial charge in [-0.15, -0.1) is 0 Å². The minimum absolute atomic E-state index is 0.00794. The molecule has 10 nitrogen and oxygen atoms in total. The molecule has 3 rings (SSSR count). The van der Waals surface area contributed by atoms with Crippen molar-refractivity contribution in [2.45, 2.75) is 23.6 Å². The van der Waals surface area contributed by atoms with E-state index in [-0.39, 0.29) is 22.6 Å². The van der Waals surface area contributed by atoms with Gasteiger partial charge in [-0.3, -0.25) is 25.0 Å². The molecule has 0 spiro atoms. The Labute approximate surface area is 197 Å². The van der Waals surface area contributed by atoms with Gasteiger partial charge in [-0.25, -0.2) is 4.79 Å². The largest absolute Gasteiger partial charge is 0.332 e. The molecule has 0 unspecified atom stereocenters. The molecule has 0 aliphatic rings. The van der Waals surface area contributed by atoms with Gasteiger partial charge in [0.2, 0.25) is 5.78 Å². The first-order valence-electron chi connectivity index (χ1n) is 9.74. The highest BCUT2D eigenvalue weighted by molar-refractivity contribution is 7.99. The SMILES string of the molecule is CC(=O)O/N=C(/C(=O)c1ccc(Sc2ccc([N+](=O)[O-])cc2)cc1)c1ccc([N+](=O)[O-])cc1C. The van der Waals surface area contributed by atoms with Crippen LogP contribution in [0.3, 0.4) is 0 Å². The van der Waals surface area contributed by atoms with Crippen molar-refractivity contribution in [2.75, 3.05) is 0 Å². The number of hydrogen-bond donors (Lipinski definition) is 0. The maximum absolute atomic E-state index is 13.2. The number of carbonyl (C=O) groups excluding carboxylic acids is 2. The second-order valence-electron chi connectivity index (χ2n) is 6.99. The van der Waals surface area contributed by atoms with Gasteiger partial charge >= 0.3 is 5.97 Å². The highest BCUT2D eigenvalue weighted by atomic mass is 32.2. The van der Waals surface area contributed by atoms with E-state index in [9.17, 15) is 29.8 Å². The number of rotatable bonds is 8. The second kappa shape index (κ2) is 10.5. The Morgan fingerprint density at radius 1 is 0.853 bits per heavy atom. The lowest BCUT2D eigenvalue weighted by Gasteiger charge is -2.09. The molecule has 3 aromatic carbocycles. The van der Waals surface area contributed by atoms with Gasteiger partial charge in [0.05, 0.1) is 9.85 Å². The summed E-state index contributed by atoms with van der Waals surface area (Å²) in [5.41, 5.74) is 0.648. The fourth-order valence-electron chi connectivity index (χ4n) is 2.93. The minimum atomic E-state index is -0.722. The third kappa shape index (κ3) is 5.90. The molecule has 0 aliphatic heterocycles. The van der Waals surface area contributed by atoms with Crippen molar-refractivity contribution in [2.24, 2.45) is 5.16 Å². The first-order valence-corrected chi connectivity index (χ1v) is 10.6. The molecule has 0 fully saturated rings. The fourth-order valence-corrected chi connectivity index (χ4v) is 3.75. The van der Waals surface area contributed by atoms with Gasteiger partial charge in [-0.05, 0) is 55.0 Å². The molecule has 0 heterocycles. The number of carbonyl (C=O) groups is 2. The van der Waals surface area contributed by atoms with E-state index in [2.05, 4.69) is 5.16 Å². The van der Waals surface area contributed by atoms with E-state index < -0.39 is 21.6 Å². The van der Waals surface area contributed by atoms with Gasteiger partial charge < -0.3 is 4.84 Å². The summed E-state index contributed by atoms with van der Waals surface area (Å²) in [6, 6.07) is 16.5. The van der Waals surface area contributed by atoms with E-state index in [1.165, 1.54) is 42.1 Å². The zero-order chi connectivity index (χ0) is 24.8. The van der Waals surface area contributed by atoms with Crippen molar-refractivity contribution in [3.05, 3.63) is 104 Å². The molecule has 34 heavy (non-hydrogen) atoms. The number of nitrogens with zero attached hydrogens (tertiary/aromatic N) is 3. The van der Waals surface area contributed by atoms with Crippen molar-refractivity contribution >= 4 is 40.6 Å². The molecule has 0 bridgehead atoms. The summed E-state index contributed by atoms with van der Waals surface area (Å²) in [6.45, 7) is 2.72. The van der Waals surface area contributed by atoms with Gasteiger partial charge in [-0.1, -0.05) is 16.9 Å². The average molecular weight is 479 g/mol. The summed E-state index contributed by atoms with van der Waals surface area (Å²) in [6.07, 6.45) is 0. The summed E-state index contributed by atoms with van der Waals surface area (Å²) < 4.78 is 0. The molecule has 11 heteroatoms. The summed E-state index contributed by atoms with van der Waals surface area (Å²) in [4.78, 5) is 51.5. The Kier molecular flexibility index (Phi) is 7.49. The standard InChI is InChI=1S/C23H17N3O7S/c1-14-13-18(26(31)32)7-12-21(14)22(24-33-15(2)27)23(28)16-3-8-19(9-4-16)34-20-10-5-17(6-11-20)25(29)30/h3-13H,1-2H3/b24-22+. The number of nitro benzene ring substituents is 2. The third-order valence-corrected chi connectivity index (χ3v) is 5.57. The minimum Gasteiger partial charge on any atom is -0.318 e. The number of benzene rings is 3. The number of ketones is 1. The molecular formula is C23H17N3O7S. The van der Waals surface area contributed by atoms with Gasteiger partial charge in [0, 0.05) is 52.1 Å². The van der Waals surface area contributed by atoms with E-state index in [0.29, 0.717) is 11.1 Å². The zero-order valence-corrected chi connectivity index (χ0v) is 18.8. The normalized spacial score (nSPS) is 11.1. The quantitative estimate of drug-likeness (QED) is 0.143. The Balaban J connectivity index is 1.86. The van der Waals surface area contributed by atoms with Crippen LogP contribution < -0.4 is 0 Å². The molecule has 0 amide bonds. The topological polar surface area (TPSA) is 142 Å². The van der Waals surface area contributed by atoms with Crippen LogP contribution in [0.4, 0.5) is 11.4 Å². The first-order chi connectivity index (χ1) is 16.2. The molecular weight excluding hydrogens is 462 g/mol. The molecule has 0 N–H and O–H groups in total. The average Bonchev–Trinajstić information content (AvgIpc) is 2.80. The fraction of sp³-hybridized carbons (Fsp3) is 0.0870. The second-order valence-corrected chi connectivity index (χ2v) is 8.13. The van der Waals surface area contributed by atoms with Gasteiger partial charge in [0.25, 0.3) is 11.4 Å². The Morgan fingerprint density at radius 3 is 1.88 bits per heavy atom. The lowest BCUT2D eigenvalue weighted by molar-refractivity contribution is -0.385. The summed E-state index contributed by atoms with van der Waals surface area (Å²) >= 11 is 1.36. The van der Waals surface area contributed by atoms with E-state index in [1.54, 1.807) is 43.3 Å². The maximum atomic E-state index is 13.2. The molecule has 0 aliphatic carbocycles. The Bertz CT molecular complexity index is 1300. The van der Waals surface area contributed by atoms with E-state index >= 15 is 0 Å². The summed E-state index contributed by atoms with van der Waals surface area (Å²) in [7, 11) is 0. The maximum Gasteiger partial charge on any atom is 0.332 e. The molecule has 0 atom stereocenters. The molecule has 0 saturated heterocycles. The van der Waals surface area contributed by atoms with Crippen LogP contribution in [-0.4, -0.2) is 27.3 Å². The predicted molar refractivity (Wildman–Crippen MR) is 124 cm³/mol. The van der Waals surface area contributed by atoms with Gasteiger partial charge in [0.15, 0.2) is 5.71 Å². The van der Waals surface area contributed by atoms with Crippen molar-refractivity contribution in [1.29, 1.82) is 0 Å². The van der Waals surface area contributed by atoms with Crippen LogP contribution in [0.5, 0.6) is 0 Å². The van der Waals surface area contributed by atoms with Crippen LogP contribution in [0.2, 0.25) is 0 Å². The first kappa shape index (κ1) is 24.3. The van der Waals surface area contributed by atoms with Gasteiger partial charge in [-0.2, -0.15) is 0 Å². The predicted octanol–water partition coefficient (Wildman–Crippen LogP) is 5.11. The highest BCUT2D eigenvalue weighted by Crippen LogP contribution is 2.29. The Hall–Kier alpha value is -4.38. The summed E-state index contributed by atoms with van der Waals surface area (Å²) in [5.74, 6) is -1.26. The van der Waals surface area contributed by atoms with Crippen molar-refractivity contribution in [3.63, 3.8) is 0 Å². The van der Waals surface area contributed by atoms with E-state index in [0.717, 1.165) is 16.7 Å². The lowest BCUT2D eigenvalue weighted by atomic mass is 9.97. The number of nitro groups is 2. The van der Waals surface area contributed by atoms with E-state index in [4.69, 9.17) is 4.84 Å². The highest BCUT2D eigenvalue weighted by Gasteiger charge is 2.21. The number of hydrogen-bond acceptors (Lipinski definition) is 9. The molecule has 172 valence electrons. The van der Waals surface area contributed by atoms with Crippen molar-refractivity contribution < 1.29 is 24.3 Å². The number of aryl methyl sites for hydroxylation is 1. The number of oxime groups is 1. The molecule has 0 radical (unpaired) electrons. The van der Waals surface area contributed by atoms with Gasteiger partial charge in [0.1, 0.15) is 0 Å². The number of non-ortho nitro benzene ring substituents is 2. The van der Waals surface area contributed by atoms with Crippen molar-refractivity contribution in [1.82, 2.24) is 0 Å². The summed E-state index contributed by atoms with van der Waals surface area (Å²) in [5, 5.41) is 25.5. The molecule has 0 saturated carbocycles. The van der Waals surface area contributed by atoms with Crippen LogP contribution in [0.1, 0.15) is 28.4 Å². The smallest absolute Gasteiger partial charge is 0.318 e. The molecule has 3 aromatic rings. The van der Waals surface area contributed by atoms with Crippen molar-refractivity contribution in [3.8, 4) is 0 Å².